The van der Waals surface area contributed by atoms with Crippen LogP contribution in [0.25, 0.3) is 6.08 Å². The molecule has 3 heteroatoms. The van der Waals surface area contributed by atoms with Crippen LogP contribution in [0.1, 0.15) is 38.3 Å². The van der Waals surface area contributed by atoms with Crippen LogP contribution in [0, 0.1) is 0 Å². The van der Waals surface area contributed by atoms with Crippen LogP contribution in [0.2, 0.25) is 0 Å². The predicted molar refractivity (Wildman–Crippen MR) is 62.1 cm³/mol. The monoisotopic (exact) mass is 230 g/mol. The van der Waals surface area contributed by atoms with Crippen LogP contribution >= 0.6 is 0 Å². The summed E-state index contributed by atoms with van der Waals surface area (Å²) in [6.07, 6.45) is 0.344. The molecular weight excluding hydrogens is 213 g/mol. The number of alkyl halides is 3. The van der Waals surface area contributed by atoms with Crippen molar-refractivity contribution in [2.45, 2.75) is 33.4 Å². The Bertz CT molecular complexity index is 307. The van der Waals surface area contributed by atoms with Crippen LogP contribution in [-0.2, 0) is 6.18 Å². The highest BCUT2D eigenvalue weighted by Crippen LogP contribution is 2.29. The molecule has 1 aromatic carbocycles. The fraction of sp³-hybridized carbons (Fsp3) is 0.385. The summed E-state index contributed by atoms with van der Waals surface area (Å²) in [5.41, 5.74) is 0.186. The average molecular weight is 230 g/mol. The first kappa shape index (κ1) is 14.8. The minimum Gasteiger partial charge on any atom is -0.166 e. The van der Waals surface area contributed by atoms with E-state index in [1.165, 1.54) is 12.1 Å². The number of rotatable bonds is 2. The van der Waals surface area contributed by atoms with E-state index < -0.39 is 11.7 Å². The van der Waals surface area contributed by atoms with Crippen LogP contribution < -0.4 is 0 Å². The summed E-state index contributed by atoms with van der Waals surface area (Å²) in [6.45, 7) is 5.97. The van der Waals surface area contributed by atoms with Gasteiger partial charge in [0.05, 0.1) is 5.56 Å². The third kappa shape index (κ3) is 5.01. The third-order valence-corrected chi connectivity index (χ3v) is 1.78. The van der Waals surface area contributed by atoms with Crippen molar-refractivity contribution in [3.63, 3.8) is 0 Å². The molecule has 0 amide bonds. The molecule has 0 aliphatic rings. The van der Waals surface area contributed by atoms with E-state index in [1.54, 1.807) is 6.08 Å². The van der Waals surface area contributed by atoms with Gasteiger partial charge in [0.15, 0.2) is 0 Å². The van der Waals surface area contributed by atoms with Gasteiger partial charge in [-0.1, -0.05) is 45.1 Å². The molecule has 1 rings (SSSR count). The number of hydrogen-bond donors (Lipinski definition) is 0. The molecule has 0 aliphatic heterocycles. The topological polar surface area (TPSA) is 0 Å². The van der Waals surface area contributed by atoms with Crippen molar-refractivity contribution >= 4 is 6.08 Å². The summed E-state index contributed by atoms with van der Waals surface area (Å²) in [4.78, 5) is 0. The van der Waals surface area contributed by atoms with Crippen molar-refractivity contribution in [1.82, 2.24) is 0 Å². The number of allylic oxidation sites excluding steroid dienone is 1. The number of benzene rings is 1. The predicted octanol–water partition coefficient (Wildman–Crippen LogP) is 5.15. The summed E-state index contributed by atoms with van der Waals surface area (Å²) in [6, 6.07) is 5.12. The van der Waals surface area contributed by atoms with Gasteiger partial charge in [0.1, 0.15) is 0 Å². The zero-order valence-corrected chi connectivity index (χ0v) is 9.81. The summed E-state index contributed by atoms with van der Waals surface area (Å²) in [7, 11) is 0. The van der Waals surface area contributed by atoms with Gasteiger partial charge >= 0.3 is 6.18 Å². The zero-order valence-electron chi connectivity index (χ0n) is 9.81. The fourth-order valence-corrected chi connectivity index (χ4v) is 1.04. The van der Waals surface area contributed by atoms with Crippen molar-refractivity contribution in [3.8, 4) is 0 Å². The molecule has 0 saturated heterocycles. The maximum Gasteiger partial charge on any atom is 0.416 e. The van der Waals surface area contributed by atoms with E-state index in [2.05, 4.69) is 0 Å². The van der Waals surface area contributed by atoms with Gasteiger partial charge in [0.2, 0.25) is 0 Å². The smallest absolute Gasteiger partial charge is 0.166 e. The van der Waals surface area contributed by atoms with Gasteiger partial charge in [0, 0.05) is 0 Å². The van der Waals surface area contributed by atoms with Gasteiger partial charge < -0.3 is 0 Å². The van der Waals surface area contributed by atoms with Gasteiger partial charge in [-0.15, -0.1) is 0 Å². The minimum atomic E-state index is -4.24. The Morgan fingerprint density at radius 3 is 1.94 bits per heavy atom. The van der Waals surface area contributed by atoms with E-state index in [0.717, 1.165) is 24.1 Å². The van der Waals surface area contributed by atoms with E-state index >= 15 is 0 Å². The largest absolute Gasteiger partial charge is 0.416 e. The van der Waals surface area contributed by atoms with Gasteiger partial charge in [-0.25, -0.2) is 0 Å². The van der Waals surface area contributed by atoms with Crippen LogP contribution in [0.4, 0.5) is 13.2 Å². The summed E-state index contributed by atoms with van der Waals surface area (Å²) < 4.78 is 36.5. The second-order valence-electron chi connectivity index (χ2n) is 2.93. The molecule has 16 heavy (non-hydrogen) atoms. The first-order valence-corrected chi connectivity index (χ1v) is 5.38. The van der Waals surface area contributed by atoms with E-state index in [-0.39, 0.29) is 0 Å². The van der Waals surface area contributed by atoms with Crippen molar-refractivity contribution in [2.75, 3.05) is 0 Å². The van der Waals surface area contributed by atoms with Crippen LogP contribution in [0.3, 0.4) is 0 Å². The lowest BCUT2D eigenvalue weighted by Crippen LogP contribution is -2.03. The highest BCUT2D eigenvalue weighted by atomic mass is 19.4. The lowest BCUT2D eigenvalue weighted by atomic mass is 10.1. The molecule has 0 bridgehead atoms. The van der Waals surface area contributed by atoms with E-state index in [0.29, 0.717) is 0 Å². The average Bonchev–Trinajstić information content (AvgIpc) is 2.28. The lowest BCUT2D eigenvalue weighted by molar-refractivity contribution is -0.137. The van der Waals surface area contributed by atoms with Crippen LogP contribution in [-0.4, -0.2) is 0 Å². The van der Waals surface area contributed by atoms with E-state index in [4.69, 9.17) is 0 Å². The molecule has 0 saturated carbocycles. The van der Waals surface area contributed by atoms with Crippen molar-refractivity contribution in [1.29, 1.82) is 0 Å². The molecule has 0 aromatic heterocycles. The standard InChI is InChI=1S/C11H11F3.C2H6/c1-2-3-4-9-5-7-10(8-6-9)11(12,13)14;1-2/h3-8H,2H2,1H3;1-2H3/b4-3-;. The Kier molecular flexibility index (Phi) is 6.54. The molecular formula is C13H17F3. The quantitative estimate of drug-likeness (QED) is 0.658. The number of hydrogen-bond acceptors (Lipinski definition) is 0. The fourth-order valence-electron chi connectivity index (χ4n) is 1.04. The highest BCUT2D eigenvalue weighted by molar-refractivity contribution is 5.49. The molecule has 0 unspecified atom stereocenters. The normalized spacial score (nSPS) is 11.1. The van der Waals surface area contributed by atoms with Crippen molar-refractivity contribution in [2.24, 2.45) is 0 Å². The van der Waals surface area contributed by atoms with Gasteiger partial charge in [-0.3, -0.25) is 0 Å². The summed E-state index contributed by atoms with van der Waals surface area (Å²) in [5.74, 6) is 0. The van der Waals surface area contributed by atoms with E-state index in [9.17, 15) is 13.2 Å². The van der Waals surface area contributed by atoms with E-state index in [1.807, 2.05) is 26.8 Å². The van der Waals surface area contributed by atoms with Crippen molar-refractivity contribution < 1.29 is 13.2 Å². The lowest BCUT2D eigenvalue weighted by Gasteiger charge is -2.05. The summed E-state index contributed by atoms with van der Waals surface area (Å²) in [5, 5.41) is 0. The second-order valence-corrected chi connectivity index (χ2v) is 2.93. The zero-order chi connectivity index (χ0) is 12.6. The molecule has 90 valence electrons. The maximum atomic E-state index is 12.2. The molecule has 0 spiro atoms. The van der Waals surface area contributed by atoms with Crippen LogP contribution in [0.5, 0.6) is 0 Å². The molecule has 0 aliphatic carbocycles. The highest BCUT2D eigenvalue weighted by Gasteiger charge is 2.29. The molecule has 0 radical (unpaired) electrons. The van der Waals surface area contributed by atoms with Gasteiger partial charge in [-0.2, -0.15) is 13.2 Å². The first-order valence-electron chi connectivity index (χ1n) is 5.38. The number of halogens is 3. The van der Waals surface area contributed by atoms with Gasteiger partial charge in [-0.05, 0) is 24.1 Å². The Labute approximate surface area is 94.8 Å². The van der Waals surface area contributed by atoms with Crippen molar-refractivity contribution in [3.05, 3.63) is 41.5 Å². The third-order valence-electron chi connectivity index (χ3n) is 1.78. The Balaban J connectivity index is 0.00000106. The van der Waals surface area contributed by atoms with Crippen LogP contribution in [0.15, 0.2) is 30.3 Å². The Hall–Kier alpha value is -1.25. The minimum absolute atomic E-state index is 0.605. The summed E-state index contributed by atoms with van der Waals surface area (Å²) >= 11 is 0. The molecule has 0 atom stereocenters. The molecule has 1 aromatic rings. The molecule has 0 nitrogen and oxygen atoms in total. The Morgan fingerprint density at radius 2 is 1.56 bits per heavy atom. The first-order chi connectivity index (χ1) is 7.54. The second kappa shape index (κ2) is 7.09. The maximum absolute atomic E-state index is 12.2. The molecule has 0 heterocycles. The van der Waals surface area contributed by atoms with Gasteiger partial charge in [0.25, 0.3) is 0 Å². The molecule has 0 N–H and O–H groups in total. The Morgan fingerprint density at radius 1 is 1.06 bits per heavy atom. The molecule has 0 fully saturated rings. The SMILES string of the molecule is CC.CC/C=C\c1ccc(C(F)(F)F)cc1.